The van der Waals surface area contributed by atoms with Crippen LogP contribution in [-0.4, -0.2) is 33.0 Å². The summed E-state index contributed by atoms with van der Waals surface area (Å²) in [6.07, 6.45) is 6.35. The molecular weight excluding hydrogens is 292 g/mol. The van der Waals surface area contributed by atoms with E-state index in [9.17, 15) is 8.42 Å². The first-order valence-corrected chi connectivity index (χ1v) is 9.67. The molecule has 0 radical (unpaired) electrons. The van der Waals surface area contributed by atoms with E-state index in [1.165, 1.54) is 6.42 Å². The molecule has 0 aliphatic heterocycles. The van der Waals surface area contributed by atoms with Gasteiger partial charge in [0.05, 0.1) is 5.69 Å². The van der Waals surface area contributed by atoms with Gasteiger partial charge in [0.25, 0.3) is 0 Å². The van der Waals surface area contributed by atoms with Crippen LogP contribution in [0.4, 0.5) is 5.69 Å². The third-order valence-corrected chi connectivity index (χ3v) is 6.48. The van der Waals surface area contributed by atoms with Crippen molar-refractivity contribution in [3.63, 3.8) is 0 Å². The molecule has 1 aliphatic rings. The number of rotatable bonds is 5. The largest absolute Gasteiger partial charge is 0.387 e. The van der Waals surface area contributed by atoms with E-state index in [-0.39, 0.29) is 6.04 Å². The first-order chi connectivity index (χ1) is 9.58. The number of nitrogens with one attached hydrogen (secondary N) is 2. The van der Waals surface area contributed by atoms with Gasteiger partial charge in [-0.25, -0.2) is 13.1 Å². The lowest BCUT2D eigenvalue weighted by atomic mass is 9.96. The lowest BCUT2D eigenvalue weighted by Gasteiger charge is -2.30. The SMILES string of the molecule is CNc1ccccc1S(=O)(=O)NC1CCCCC1SC. The average Bonchev–Trinajstić information content (AvgIpc) is 2.47. The molecule has 2 unspecified atom stereocenters. The molecule has 0 saturated heterocycles. The van der Waals surface area contributed by atoms with Gasteiger partial charge in [0.15, 0.2) is 0 Å². The Labute approximate surface area is 125 Å². The lowest BCUT2D eigenvalue weighted by Crippen LogP contribution is -2.43. The molecule has 2 rings (SSSR count). The molecule has 2 N–H and O–H groups in total. The van der Waals surface area contributed by atoms with Gasteiger partial charge in [-0.1, -0.05) is 25.0 Å². The van der Waals surface area contributed by atoms with Crippen LogP contribution in [0.5, 0.6) is 0 Å². The van der Waals surface area contributed by atoms with Gasteiger partial charge in [0.1, 0.15) is 4.90 Å². The Morgan fingerprint density at radius 2 is 1.90 bits per heavy atom. The summed E-state index contributed by atoms with van der Waals surface area (Å²) in [6.45, 7) is 0. The maximum Gasteiger partial charge on any atom is 0.242 e. The van der Waals surface area contributed by atoms with Gasteiger partial charge in [0, 0.05) is 18.3 Å². The van der Waals surface area contributed by atoms with Crippen molar-refractivity contribution in [3.8, 4) is 0 Å². The van der Waals surface area contributed by atoms with Gasteiger partial charge < -0.3 is 5.32 Å². The topological polar surface area (TPSA) is 58.2 Å². The quantitative estimate of drug-likeness (QED) is 0.877. The Morgan fingerprint density at radius 3 is 2.60 bits per heavy atom. The number of thioether (sulfide) groups is 1. The van der Waals surface area contributed by atoms with Crippen molar-refractivity contribution in [2.75, 3.05) is 18.6 Å². The maximum absolute atomic E-state index is 12.6. The molecular formula is C14H22N2O2S2. The summed E-state index contributed by atoms with van der Waals surface area (Å²) < 4.78 is 28.1. The molecule has 20 heavy (non-hydrogen) atoms. The summed E-state index contributed by atoms with van der Waals surface area (Å²) in [4.78, 5) is 0.327. The summed E-state index contributed by atoms with van der Waals surface area (Å²) in [6, 6.07) is 7.04. The Morgan fingerprint density at radius 1 is 1.20 bits per heavy atom. The van der Waals surface area contributed by atoms with Crippen LogP contribution in [0.25, 0.3) is 0 Å². The normalized spacial score (nSPS) is 23.5. The fourth-order valence-corrected chi connectivity index (χ4v) is 5.23. The molecule has 0 heterocycles. The molecule has 4 nitrogen and oxygen atoms in total. The van der Waals surface area contributed by atoms with Crippen molar-refractivity contribution in [2.24, 2.45) is 0 Å². The monoisotopic (exact) mass is 314 g/mol. The van der Waals surface area contributed by atoms with E-state index in [0.29, 0.717) is 15.8 Å². The van der Waals surface area contributed by atoms with Crippen LogP contribution in [0.1, 0.15) is 25.7 Å². The number of benzene rings is 1. The van der Waals surface area contributed by atoms with Crippen molar-refractivity contribution in [1.82, 2.24) is 4.72 Å². The third-order valence-electron chi connectivity index (χ3n) is 3.76. The van der Waals surface area contributed by atoms with E-state index in [2.05, 4.69) is 16.3 Å². The smallest absolute Gasteiger partial charge is 0.242 e. The molecule has 0 bridgehead atoms. The van der Waals surface area contributed by atoms with E-state index in [0.717, 1.165) is 19.3 Å². The number of hydrogen-bond acceptors (Lipinski definition) is 4. The van der Waals surface area contributed by atoms with Crippen LogP contribution in [0.2, 0.25) is 0 Å². The van der Waals surface area contributed by atoms with Crippen LogP contribution in [0.15, 0.2) is 29.2 Å². The highest BCUT2D eigenvalue weighted by molar-refractivity contribution is 7.99. The number of sulfonamides is 1. The van der Waals surface area contributed by atoms with Crippen LogP contribution < -0.4 is 10.0 Å². The number of anilines is 1. The van der Waals surface area contributed by atoms with Gasteiger partial charge in [-0.3, -0.25) is 0 Å². The van der Waals surface area contributed by atoms with Crippen LogP contribution >= 0.6 is 11.8 Å². The molecule has 1 fully saturated rings. The van der Waals surface area contributed by atoms with Crippen molar-refractivity contribution >= 4 is 27.5 Å². The van der Waals surface area contributed by atoms with E-state index >= 15 is 0 Å². The molecule has 1 saturated carbocycles. The molecule has 0 amide bonds. The van der Waals surface area contributed by atoms with Crippen molar-refractivity contribution in [3.05, 3.63) is 24.3 Å². The third kappa shape index (κ3) is 3.48. The van der Waals surface area contributed by atoms with Crippen molar-refractivity contribution < 1.29 is 8.42 Å². The van der Waals surface area contributed by atoms with Gasteiger partial charge in [-0.05, 0) is 31.2 Å². The zero-order valence-corrected chi connectivity index (χ0v) is 13.6. The Kier molecular flexibility index (Phi) is 5.35. The van der Waals surface area contributed by atoms with Crippen molar-refractivity contribution in [2.45, 2.75) is 41.9 Å². The summed E-state index contributed by atoms with van der Waals surface area (Å²) in [5, 5.41) is 3.32. The number of hydrogen-bond donors (Lipinski definition) is 2. The molecule has 0 aromatic heterocycles. The highest BCUT2D eigenvalue weighted by Gasteiger charge is 2.29. The van der Waals surface area contributed by atoms with E-state index < -0.39 is 10.0 Å². The second-order valence-corrected chi connectivity index (χ2v) is 7.79. The van der Waals surface area contributed by atoms with Gasteiger partial charge in [-0.2, -0.15) is 11.8 Å². The minimum atomic E-state index is -3.47. The van der Waals surface area contributed by atoms with Crippen LogP contribution in [0, 0.1) is 0 Å². The van der Waals surface area contributed by atoms with E-state index in [1.807, 2.05) is 6.07 Å². The number of para-hydroxylation sites is 1. The standard InChI is InChI=1S/C14H22N2O2S2/c1-15-12-8-4-6-10-14(12)20(17,18)16-11-7-3-5-9-13(11)19-2/h4,6,8,10-11,13,15-16H,3,5,7,9H2,1-2H3. The summed E-state index contributed by atoms with van der Waals surface area (Å²) >= 11 is 1.76. The Hall–Kier alpha value is -0.720. The second kappa shape index (κ2) is 6.83. The van der Waals surface area contributed by atoms with Crippen LogP contribution in [-0.2, 0) is 10.0 Å². The molecule has 112 valence electrons. The zero-order chi connectivity index (χ0) is 14.6. The fraction of sp³-hybridized carbons (Fsp3) is 0.571. The lowest BCUT2D eigenvalue weighted by molar-refractivity contribution is 0.423. The summed E-state index contributed by atoms with van der Waals surface area (Å²) in [7, 11) is -1.74. The highest BCUT2D eigenvalue weighted by atomic mass is 32.2. The predicted molar refractivity (Wildman–Crippen MR) is 85.9 cm³/mol. The molecule has 6 heteroatoms. The first-order valence-electron chi connectivity index (χ1n) is 6.90. The molecule has 1 aromatic rings. The summed E-state index contributed by atoms with van der Waals surface area (Å²) in [5.74, 6) is 0. The Bertz CT molecular complexity index is 546. The molecule has 2 atom stereocenters. The zero-order valence-electron chi connectivity index (χ0n) is 11.9. The molecule has 1 aliphatic carbocycles. The predicted octanol–water partition coefficient (Wildman–Crippen LogP) is 2.68. The average molecular weight is 314 g/mol. The first kappa shape index (κ1) is 15.7. The molecule has 1 aromatic carbocycles. The van der Waals surface area contributed by atoms with Gasteiger partial charge in [-0.15, -0.1) is 0 Å². The van der Waals surface area contributed by atoms with Crippen molar-refractivity contribution in [1.29, 1.82) is 0 Å². The maximum atomic E-state index is 12.6. The van der Waals surface area contributed by atoms with Gasteiger partial charge in [0.2, 0.25) is 10.0 Å². The fourth-order valence-electron chi connectivity index (χ4n) is 2.68. The van der Waals surface area contributed by atoms with E-state index in [4.69, 9.17) is 0 Å². The van der Waals surface area contributed by atoms with Crippen LogP contribution in [0.3, 0.4) is 0 Å². The molecule has 0 spiro atoms. The van der Waals surface area contributed by atoms with Gasteiger partial charge >= 0.3 is 0 Å². The minimum absolute atomic E-state index is 0.0358. The Balaban J connectivity index is 2.22. The second-order valence-electron chi connectivity index (χ2n) is 5.03. The highest BCUT2D eigenvalue weighted by Crippen LogP contribution is 2.29. The minimum Gasteiger partial charge on any atom is -0.387 e. The summed E-state index contributed by atoms with van der Waals surface area (Å²) in [5.41, 5.74) is 0.636. The van der Waals surface area contributed by atoms with E-state index in [1.54, 1.807) is 37.0 Å².